The first-order valence-electron chi connectivity index (χ1n) is 7.01. The molecule has 0 saturated carbocycles. The van der Waals surface area contributed by atoms with Crippen molar-refractivity contribution in [1.82, 2.24) is 0 Å². The molecule has 23 heavy (non-hydrogen) atoms. The van der Waals surface area contributed by atoms with Crippen LogP contribution in [0.5, 0.6) is 0 Å². The SMILES string of the molecule is CC(=O)[C@@H](N=Nc1ccc(Cl)cc1C)C(=O)Nc1ccccc1. The standard InChI is InChI=1S/C17H16ClN3O2/c1-11-10-13(18)8-9-15(11)20-21-16(12(2)22)17(23)19-14-6-4-3-5-7-14/h3-10,16H,1-2H3,(H,19,23)/t16-/m1/s1. The Hall–Kier alpha value is -2.53. The van der Waals surface area contributed by atoms with Gasteiger partial charge in [0.05, 0.1) is 5.69 Å². The van der Waals surface area contributed by atoms with Gasteiger partial charge in [0.2, 0.25) is 6.04 Å². The number of carbonyl (C=O) groups excluding carboxylic acids is 2. The highest BCUT2D eigenvalue weighted by Crippen LogP contribution is 2.23. The van der Waals surface area contributed by atoms with E-state index < -0.39 is 11.9 Å². The Morgan fingerprint density at radius 2 is 1.83 bits per heavy atom. The number of carbonyl (C=O) groups is 2. The molecule has 0 aliphatic carbocycles. The average Bonchev–Trinajstić information content (AvgIpc) is 2.50. The average molecular weight is 330 g/mol. The maximum absolute atomic E-state index is 12.2. The van der Waals surface area contributed by atoms with Crippen LogP contribution in [-0.4, -0.2) is 17.7 Å². The van der Waals surface area contributed by atoms with Gasteiger partial charge in [0.25, 0.3) is 5.91 Å². The van der Waals surface area contributed by atoms with E-state index in [9.17, 15) is 9.59 Å². The second-order valence-electron chi connectivity index (χ2n) is 5.01. The van der Waals surface area contributed by atoms with Gasteiger partial charge >= 0.3 is 0 Å². The first kappa shape index (κ1) is 16.8. The maximum Gasteiger partial charge on any atom is 0.258 e. The fourth-order valence-electron chi connectivity index (χ4n) is 1.90. The highest BCUT2D eigenvalue weighted by atomic mass is 35.5. The van der Waals surface area contributed by atoms with Gasteiger partial charge in [-0.3, -0.25) is 9.59 Å². The van der Waals surface area contributed by atoms with Gasteiger partial charge in [-0.05, 0) is 49.7 Å². The Balaban J connectivity index is 2.16. The van der Waals surface area contributed by atoms with Gasteiger partial charge in [-0.1, -0.05) is 29.8 Å². The number of benzene rings is 2. The first-order valence-corrected chi connectivity index (χ1v) is 7.38. The summed E-state index contributed by atoms with van der Waals surface area (Å²) < 4.78 is 0. The molecule has 0 spiro atoms. The lowest BCUT2D eigenvalue weighted by atomic mass is 10.2. The van der Waals surface area contributed by atoms with Crippen molar-refractivity contribution in [2.75, 3.05) is 5.32 Å². The number of Topliss-reactive ketones (excluding diaryl/α,β-unsaturated/α-hetero) is 1. The number of hydrogen-bond acceptors (Lipinski definition) is 4. The van der Waals surface area contributed by atoms with Crippen molar-refractivity contribution < 1.29 is 9.59 Å². The zero-order valence-corrected chi connectivity index (χ0v) is 13.5. The molecule has 0 bridgehead atoms. The summed E-state index contributed by atoms with van der Waals surface area (Å²) in [6.07, 6.45) is 0. The number of ketones is 1. The molecule has 2 rings (SSSR count). The number of hydrogen-bond donors (Lipinski definition) is 1. The fraction of sp³-hybridized carbons (Fsp3) is 0.176. The Morgan fingerprint density at radius 3 is 2.43 bits per heavy atom. The van der Waals surface area contributed by atoms with E-state index in [2.05, 4.69) is 15.5 Å². The minimum atomic E-state index is -1.19. The molecule has 0 radical (unpaired) electrons. The van der Waals surface area contributed by atoms with Crippen LogP contribution in [0.15, 0.2) is 58.8 Å². The van der Waals surface area contributed by atoms with E-state index in [-0.39, 0.29) is 5.78 Å². The van der Waals surface area contributed by atoms with Crippen LogP contribution in [0.25, 0.3) is 0 Å². The molecule has 0 heterocycles. The molecule has 2 aromatic carbocycles. The molecule has 0 aliphatic rings. The fourth-order valence-corrected chi connectivity index (χ4v) is 2.13. The second kappa shape index (κ2) is 7.65. The number of nitrogens with zero attached hydrogens (tertiary/aromatic N) is 2. The lowest BCUT2D eigenvalue weighted by molar-refractivity contribution is -0.126. The summed E-state index contributed by atoms with van der Waals surface area (Å²) >= 11 is 5.88. The van der Waals surface area contributed by atoms with Gasteiger partial charge in [0.1, 0.15) is 0 Å². The van der Waals surface area contributed by atoms with E-state index in [4.69, 9.17) is 11.6 Å². The van der Waals surface area contributed by atoms with Crippen molar-refractivity contribution in [2.45, 2.75) is 19.9 Å². The molecular weight excluding hydrogens is 314 g/mol. The van der Waals surface area contributed by atoms with Crippen LogP contribution in [0.2, 0.25) is 5.02 Å². The third kappa shape index (κ3) is 4.72. The lowest BCUT2D eigenvalue weighted by Crippen LogP contribution is -2.31. The molecule has 0 fully saturated rings. The highest BCUT2D eigenvalue weighted by molar-refractivity contribution is 6.30. The highest BCUT2D eigenvalue weighted by Gasteiger charge is 2.23. The van der Waals surface area contributed by atoms with Crippen LogP contribution in [-0.2, 0) is 9.59 Å². The van der Waals surface area contributed by atoms with Crippen LogP contribution >= 0.6 is 11.6 Å². The van der Waals surface area contributed by atoms with Crippen molar-refractivity contribution >= 4 is 34.7 Å². The molecule has 2 aromatic rings. The number of halogens is 1. The number of aryl methyl sites for hydroxylation is 1. The van der Waals surface area contributed by atoms with E-state index in [1.807, 2.05) is 13.0 Å². The van der Waals surface area contributed by atoms with Crippen LogP contribution in [0.3, 0.4) is 0 Å². The van der Waals surface area contributed by atoms with Crippen molar-refractivity contribution in [1.29, 1.82) is 0 Å². The van der Waals surface area contributed by atoms with Gasteiger partial charge < -0.3 is 5.32 Å². The summed E-state index contributed by atoms with van der Waals surface area (Å²) in [6, 6.07) is 12.8. The number of nitrogens with one attached hydrogen (secondary N) is 1. The Kier molecular flexibility index (Phi) is 5.60. The van der Waals surface area contributed by atoms with Gasteiger partial charge in [-0.2, -0.15) is 10.2 Å². The molecule has 0 aliphatic heterocycles. The molecule has 0 aromatic heterocycles. The molecule has 5 nitrogen and oxygen atoms in total. The molecule has 118 valence electrons. The van der Waals surface area contributed by atoms with Gasteiger partial charge in [-0.15, -0.1) is 0 Å². The van der Waals surface area contributed by atoms with Gasteiger partial charge in [0.15, 0.2) is 5.78 Å². The van der Waals surface area contributed by atoms with Gasteiger partial charge in [-0.25, -0.2) is 0 Å². The van der Waals surface area contributed by atoms with Crippen molar-refractivity contribution in [2.24, 2.45) is 10.2 Å². The second-order valence-corrected chi connectivity index (χ2v) is 5.45. The zero-order valence-electron chi connectivity index (χ0n) is 12.8. The maximum atomic E-state index is 12.2. The van der Waals surface area contributed by atoms with Gasteiger partial charge in [0, 0.05) is 10.7 Å². The van der Waals surface area contributed by atoms with E-state index >= 15 is 0 Å². The predicted octanol–water partition coefficient (Wildman–Crippen LogP) is 4.33. The van der Waals surface area contributed by atoms with Crippen LogP contribution < -0.4 is 5.32 Å². The van der Waals surface area contributed by atoms with E-state index in [0.717, 1.165) is 5.56 Å². The summed E-state index contributed by atoms with van der Waals surface area (Å²) in [5.41, 5.74) is 1.97. The molecule has 0 saturated heterocycles. The Labute approximate surface area is 139 Å². The Morgan fingerprint density at radius 1 is 1.13 bits per heavy atom. The monoisotopic (exact) mass is 329 g/mol. The summed E-state index contributed by atoms with van der Waals surface area (Å²) in [6.45, 7) is 3.13. The van der Waals surface area contributed by atoms with Crippen LogP contribution in [0, 0.1) is 6.92 Å². The van der Waals surface area contributed by atoms with Crippen molar-refractivity contribution in [3.8, 4) is 0 Å². The van der Waals surface area contributed by atoms with Crippen LogP contribution in [0.4, 0.5) is 11.4 Å². The lowest BCUT2D eigenvalue weighted by Gasteiger charge is -2.09. The Bertz CT molecular complexity index is 745. The summed E-state index contributed by atoms with van der Waals surface area (Å²) in [7, 11) is 0. The van der Waals surface area contributed by atoms with E-state index in [1.165, 1.54) is 6.92 Å². The zero-order chi connectivity index (χ0) is 16.8. The predicted molar refractivity (Wildman–Crippen MR) is 90.2 cm³/mol. The topological polar surface area (TPSA) is 70.9 Å². The van der Waals surface area contributed by atoms with Crippen LogP contribution in [0.1, 0.15) is 12.5 Å². The minimum Gasteiger partial charge on any atom is -0.324 e. The molecule has 6 heteroatoms. The van der Waals surface area contributed by atoms with Crippen molar-refractivity contribution in [3.05, 3.63) is 59.1 Å². The molecule has 1 atom stereocenters. The largest absolute Gasteiger partial charge is 0.324 e. The third-order valence-corrected chi connectivity index (χ3v) is 3.35. The van der Waals surface area contributed by atoms with E-state index in [0.29, 0.717) is 16.4 Å². The number of amides is 1. The molecular formula is C17H16ClN3O2. The third-order valence-electron chi connectivity index (χ3n) is 3.11. The number of rotatable bonds is 5. The molecule has 0 unspecified atom stereocenters. The summed E-state index contributed by atoms with van der Waals surface area (Å²) in [5.74, 6) is -0.895. The minimum absolute atomic E-state index is 0.381. The normalized spacial score (nSPS) is 12.1. The smallest absolute Gasteiger partial charge is 0.258 e. The summed E-state index contributed by atoms with van der Waals surface area (Å²) in [5, 5.41) is 11.2. The summed E-state index contributed by atoms with van der Waals surface area (Å²) in [4.78, 5) is 23.9. The number of azo groups is 1. The quantitative estimate of drug-likeness (QED) is 0.655. The first-order chi connectivity index (χ1) is 11.0. The number of anilines is 1. The molecule has 1 N–H and O–H groups in total. The molecule has 1 amide bonds. The van der Waals surface area contributed by atoms with E-state index in [1.54, 1.807) is 42.5 Å². The number of para-hydroxylation sites is 1. The van der Waals surface area contributed by atoms with Crippen molar-refractivity contribution in [3.63, 3.8) is 0 Å².